The van der Waals surface area contributed by atoms with Crippen LogP contribution in [0.2, 0.25) is 0 Å². The molecule has 1 saturated heterocycles. The Balaban J connectivity index is 1.53. The summed E-state index contributed by atoms with van der Waals surface area (Å²) in [6, 6.07) is 13.7. The Labute approximate surface area is 201 Å². The molecule has 1 fully saturated rings. The smallest absolute Gasteiger partial charge is 0.256 e. The summed E-state index contributed by atoms with van der Waals surface area (Å²) in [5.41, 5.74) is 8.93. The number of ether oxygens (including phenoxy) is 2. The van der Waals surface area contributed by atoms with Gasteiger partial charge in [0.1, 0.15) is 17.3 Å². The third-order valence-corrected chi connectivity index (χ3v) is 6.14. The number of amides is 1. The molecule has 0 aliphatic carbocycles. The number of piperazine rings is 1. The molecule has 0 radical (unpaired) electrons. The van der Waals surface area contributed by atoms with Gasteiger partial charge in [-0.25, -0.2) is 0 Å². The maximum absolute atomic E-state index is 12.6. The molecule has 8 heteroatoms. The number of aryl methyl sites for hydroxylation is 1. The minimum atomic E-state index is -0.294. The molecule has 2 aromatic rings. The second-order valence-electron chi connectivity index (χ2n) is 8.62. The fourth-order valence-electron chi connectivity index (χ4n) is 3.90. The Morgan fingerprint density at radius 2 is 1.79 bits per heavy atom. The Hall–Kier alpha value is -3.52. The molecule has 2 aromatic carbocycles. The number of allylic oxidation sites excluding steroid dienone is 1. The zero-order valence-electron chi connectivity index (χ0n) is 20.4. The van der Waals surface area contributed by atoms with Crippen LogP contribution in [0, 0.1) is 5.41 Å². The first-order chi connectivity index (χ1) is 16.3. The lowest BCUT2D eigenvalue weighted by molar-refractivity contribution is 0.0965. The number of hydrogen-bond acceptors (Lipinski definition) is 7. The number of nitrogens with zero attached hydrogens (tertiary/aromatic N) is 2. The minimum absolute atomic E-state index is 0.148. The van der Waals surface area contributed by atoms with Crippen molar-refractivity contribution >= 4 is 17.3 Å². The van der Waals surface area contributed by atoms with Gasteiger partial charge in [0.2, 0.25) is 0 Å². The van der Waals surface area contributed by atoms with E-state index in [4.69, 9.17) is 20.6 Å². The van der Waals surface area contributed by atoms with E-state index in [1.54, 1.807) is 20.3 Å². The summed E-state index contributed by atoms with van der Waals surface area (Å²) < 4.78 is 10.6. The van der Waals surface area contributed by atoms with Crippen molar-refractivity contribution in [3.8, 4) is 11.5 Å². The van der Waals surface area contributed by atoms with Gasteiger partial charge in [-0.15, -0.1) is 0 Å². The molecule has 0 aromatic heterocycles. The lowest BCUT2D eigenvalue weighted by Crippen LogP contribution is -2.50. The molecule has 3 rings (SSSR count). The fraction of sp³-hybridized carbons (Fsp3) is 0.385. The van der Waals surface area contributed by atoms with Crippen molar-refractivity contribution in [2.24, 2.45) is 5.73 Å². The lowest BCUT2D eigenvalue weighted by Gasteiger charge is -2.39. The van der Waals surface area contributed by atoms with Crippen molar-refractivity contribution < 1.29 is 14.3 Å². The Bertz CT molecular complexity index is 1010. The monoisotopic (exact) mass is 465 g/mol. The van der Waals surface area contributed by atoms with Gasteiger partial charge < -0.3 is 35.7 Å². The molecule has 1 atom stereocenters. The van der Waals surface area contributed by atoms with E-state index in [9.17, 15) is 4.79 Å². The first-order valence-corrected chi connectivity index (χ1v) is 11.4. The van der Waals surface area contributed by atoms with Gasteiger partial charge in [-0.3, -0.25) is 4.79 Å². The lowest BCUT2D eigenvalue weighted by atomic mass is 10.1. The standard InChI is InChI=1S/C26H35N5O3/c1-18-17-31(12-11-30(18)2)22-9-6-20(7-10-22)26(32)29-25(28)15-21(27)8-5-19-13-23(33-3)16-24(14-19)34-4/h6-7,9-10,13-16,18,27H,5,8,11-12,17,28H2,1-4H3,(H,29,32)/b25-15+,27-21?. The van der Waals surface area contributed by atoms with E-state index in [1.165, 1.54) is 6.08 Å². The highest BCUT2D eigenvalue weighted by Crippen LogP contribution is 2.23. The SMILES string of the molecule is COc1cc(CCC(=N)/C=C(\N)NC(=O)c2ccc(N3CCN(C)C(C)C3)cc2)cc(OC)c1. The maximum Gasteiger partial charge on any atom is 0.256 e. The molecule has 182 valence electrons. The van der Waals surface area contributed by atoms with Crippen LogP contribution >= 0.6 is 0 Å². The predicted molar refractivity (Wildman–Crippen MR) is 136 cm³/mol. The van der Waals surface area contributed by atoms with Gasteiger partial charge in [-0.1, -0.05) is 0 Å². The van der Waals surface area contributed by atoms with Gasteiger partial charge >= 0.3 is 0 Å². The quantitative estimate of drug-likeness (QED) is 0.492. The zero-order chi connectivity index (χ0) is 24.7. The van der Waals surface area contributed by atoms with Gasteiger partial charge in [0.25, 0.3) is 5.91 Å². The van der Waals surface area contributed by atoms with Crippen molar-refractivity contribution in [3.63, 3.8) is 0 Å². The van der Waals surface area contributed by atoms with Crippen LogP contribution in [0.3, 0.4) is 0 Å². The van der Waals surface area contributed by atoms with E-state index in [0.717, 1.165) is 30.9 Å². The molecule has 1 amide bonds. The molecule has 1 aliphatic heterocycles. The summed E-state index contributed by atoms with van der Waals surface area (Å²) in [5, 5.41) is 10.9. The molecular formula is C26H35N5O3. The Morgan fingerprint density at radius 3 is 2.38 bits per heavy atom. The number of benzene rings is 2. The van der Waals surface area contributed by atoms with Crippen LogP contribution in [-0.2, 0) is 6.42 Å². The summed E-state index contributed by atoms with van der Waals surface area (Å²) in [5.74, 6) is 1.26. The van der Waals surface area contributed by atoms with E-state index in [1.807, 2.05) is 36.4 Å². The first kappa shape index (κ1) is 25.1. The molecule has 1 heterocycles. The molecule has 34 heavy (non-hydrogen) atoms. The van der Waals surface area contributed by atoms with Gasteiger partial charge in [0, 0.05) is 48.7 Å². The third-order valence-electron chi connectivity index (χ3n) is 6.14. The highest BCUT2D eigenvalue weighted by atomic mass is 16.5. The molecule has 1 aliphatic rings. The molecule has 1 unspecified atom stereocenters. The highest BCUT2D eigenvalue weighted by Gasteiger charge is 2.21. The minimum Gasteiger partial charge on any atom is -0.497 e. The Morgan fingerprint density at radius 1 is 1.15 bits per heavy atom. The summed E-state index contributed by atoms with van der Waals surface area (Å²) in [7, 11) is 5.35. The molecular weight excluding hydrogens is 430 g/mol. The second-order valence-corrected chi connectivity index (χ2v) is 8.62. The van der Waals surface area contributed by atoms with E-state index in [0.29, 0.717) is 41.7 Å². The topological polar surface area (TPSA) is 104 Å². The maximum atomic E-state index is 12.6. The second kappa shape index (κ2) is 11.6. The summed E-state index contributed by atoms with van der Waals surface area (Å²) in [4.78, 5) is 17.3. The third kappa shape index (κ3) is 6.74. The number of methoxy groups -OCH3 is 2. The number of nitrogens with two attached hydrogens (primary N) is 1. The van der Waals surface area contributed by atoms with Crippen molar-refractivity contribution in [2.75, 3.05) is 45.8 Å². The molecule has 8 nitrogen and oxygen atoms in total. The van der Waals surface area contributed by atoms with E-state index < -0.39 is 0 Å². The van der Waals surface area contributed by atoms with Crippen molar-refractivity contribution in [1.29, 1.82) is 5.41 Å². The predicted octanol–water partition coefficient (Wildman–Crippen LogP) is 3.03. The molecule has 0 bridgehead atoms. The average Bonchev–Trinajstić information content (AvgIpc) is 2.84. The number of carbonyl (C=O) groups is 1. The van der Waals surface area contributed by atoms with Gasteiger partial charge in [-0.2, -0.15) is 0 Å². The van der Waals surface area contributed by atoms with Gasteiger partial charge in [0.15, 0.2) is 0 Å². The molecule has 4 N–H and O–H groups in total. The van der Waals surface area contributed by atoms with Crippen LogP contribution in [0.1, 0.15) is 29.3 Å². The number of anilines is 1. The number of carbonyl (C=O) groups excluding carboxylic acids is 1. The summed E-state index contributed by atoms with van der Waals surface area (Å²) in [6.45, 7) is 5.16. The average molecular weight is 466 g/mol. The van der Waals surface area contributed by atoms with Crippen molar-refractivity contribution in [2.45, 2.75) is 25.8 Å². The normalized spacial score (nSPS) is 16.8. The number of likely N-dealkylation sites (N-methyl/N-ethyl adjacent to an activating group) is 1. The highest BCUT2D eigenvalue weighted by molar-refractivity contribution is 5.97. The van der Waals surface area contributed by atoms with Crippen LogP contribution < -0.4 is 25.4 Å². The van der Waals surface area contributed by atoms with Crippen LogP contribution in [0.15, 0.2) is 54.4 Å². The fourth-order valence-corrected chi connectivity index (χ4v) is 3.90. The van der Waals surface area contributed by atoms with E-state index in [2.05, 4.69) is 29.1 Å². The van der Waals surface area contributed by atoms with Crippen LogP contribution in [-0.4, -0.2) is 63.5 Å². The number of hydrogen-bond donors (Lipinski definition) is 3. The molecule has 0 saturated carbocycles. The van der Waals surface area contributed by atoms with Crippen LogP contribution in [0.5, 0.6) is 11.5 Å². The number of nitrogens with one attached hydrogen (secondary N) is 2. The van der Waals surface area contributed by atoms with Gasteiger partial charge in [0.05, 0.1) is 14.2 Å². The van der Waals surface area contributed by atoms with Crippen LogP contribution in [0.4, 0.5) is 5.69 Å². The molecule has 0 spiro atoms. The Kier molecular flexibility index (Phi) is 8.54. The summed E-state index contributed by atoms with van der Waals surface area (Å²) >= 11 is 0. The van der Waals surface area contributed by atoms with Gasteiger partial charge in [-0.05, 0) is 74.9 Å². The van der Waals surface area contributed by atoms with Crippen molar-refractivity contribution in [1.82, 2.24) is 10.2 Å². The van der Waals surface area contributed by atoms with E-state index in [-0.39, 0.29) is 11.7 Å². The first-order valence-electron chi connectivity index (χ1n) is 11.4. The van der Waals surface area contributed by atoms with E-state index >= 15 is 0 Å². The number of rotatable bonds is 9. The largest absolute Gasteiger partial charge is 0.497 e. The van der Waals surface area contributed by atoms with Crippen molar-refractivity contribution in [3.05, 3.63) is 65.5 Å². The zero-order valence-corrected chi connectivity index (χ0v) is 20.4. The van der Waals surface area contributed by atoms with Crippen LogP contribution in [0.25, 0.3) is 0 Å². The summed E-state index contributed by atoms with van der Waals surface area (Å²) in [6.07, 6.45) is 2.57.